The van der Waals surface area contributed by atoms with E-state index in [1.807, 2.05) is 4.68 Å². The number of halogens is 1. The van der Waals surface area contributed by atoms with Crippen molar-refractivity contribution >= 4 is 15.9 Å². The molecule has 1 aromatic rings. The molecule has 0 radical (unpaired) electrons. The molecule has 0 N–H and O–H groups in total. The lowest BCUT2D eigenvalue weighted by atomic mass is 10.4. The van der Waals surface area contributed by atoms with Gasteiger partial charge >= 0.3 is 0 Å². The first-order chi connectivity index (χ1) is 4.88. The summed E-state index contributed by atoms with van der Waals surface area (Å²) in [5.41, 5.74) is 0. The molecule has 3 nitrogen and oxygen atoms in total. The molecule has 2 rings (SSSR count). The standard InChI is InChI=1S/C6H7BrN2O/c7-5-4-8-9-2-1-3-10-6(5)9/h4H,1-3H2. The maximum atomic E-state index is 5.35. The Bertz CT molecular complexity index is 246. The molecule has 0 amide bonds. The minimum absolute atomic E-state index is 0.810. The lowest BCUT2D eigenvalue weighted by Gasteiger charge is -2.14. The Labute approximate surface area is 67.1 Å². The zero-order chi connectivity index (χ0) is 6.97. The molecule has 1 aromatic heterocycles. The van der Waals surface area contributed by atoms with E-state index in [-0.39, 0.29) is 0 Å². The van der Waals surface area contributed by atoms with Crippen molar-refractivity contribution in [2.45, 2.75) is 13.0 Å². The summed E-state index contributed by atoms with van der Waals surface area (Å²) in [5.74, 6) is 0.867. The van der Waals surface area contributed by atoms with E-state index >= 15 is 0 Å². The molecule has 10 heavy (non-hydrogen) atoms. The summed E-state index contributed by atoms with van der Waals surface area (Å²) in [6.45, 7) is 1.78. The van der Waals surface area contributed by atoms with Gasteiger partial charge in [0.2, 0.25) is 5.88 Å². The van der Waals surface area contributed by atoms with Gasteiger partial charge in [-0.05, 0) is 15.9 Å². The number of ether oxygens (including phenoxy) is 1. The van der Waals surface area contributed by atoms with E-state index in [0.29, 0.717) is 0 Å². The molecular formula is C6H7BrN2O. The molecule has 0 aliphatic carbocycles. The van der Waals surface area contributed by atoms with Crippen LogP contribution in [0.25, 0.3) is 0 Å². The van der Waals surface area contributed by atoms with E-state index < -0.39 is 0 Å². The first kappa shape index (κ1) is 6.22. The average Bonchev–Trinajstić information content (AvgIpc) is 2.34. The highest BCUT2D eigenvalue weighted by Gasteiger charge is 2.13. The van der Waals surface area contributed by atoms with Crippen LogP contribution in [0.4, 0.5) is 0 Å². The van der Waals surface area contributed by atoms with Crippen LogP contribution in [0.5, 0.6) is 5.88 Å². The van der Waals surface area contributed by atoms with Crippen molar-refractivity contribution in [2.75, 3.05) is 6.61 Å². The maximum Gasteiger partial charge on any atom is 0.226 e. The smallest absolute Gasteiger partial charge is 0.226 e. The predicted octanol–water partition coefficient (Wildman–Crippen LogP) is 1.43. The summed E-state index contributed by atoms with van der Waals surface area (Å²) in [5, 5.41) is 4.10. The first-order valence-electron chi connectivity index (χ1n) is 3.22. The summed E-state index contributed by atoms with van der Waals surface area (Å²) in [6, 6.07) is 0. The van der Waals surface area contributed by atoms with Crippen LogP contribution in [0.15, 0.2) is 10.7 Å². The second-order valence-electron chi connectivity index (χ2n) is 2.22. The molecule has 0 fully saturated rings. The molecule has 1 aliphatic heterocycles. The highest BCUT2D eigenvalue weighted by atomic mass is 79.9. The third kappa shape index (κ3) is 0.831. The van der Waals surface area contributed by atoms with Crippen molar-refractivity contribution in [2.24, 2.45) is 0 Å². The summed E-state index contributed by atoms with van der Waals surface area (Å²) in [7, 11) is 0. The number of hydrogen-bond acceptors (Lipinski definition) is 2. The number of fused-ring (bicyclic) bond motifs is 1. The Morgan fingerprint density at radius 1 is 1.70 bits per heavy atom. The number of hydrogen-bond donors (Lipinski definition) is 0. The number of nitrogens with zero attached hydrogens (tertiary/aromatic N) is 2. The van der Waals surface area contributed by atoms with Crippen LogP contribution in [0, 0.1) is 0 Å². The van der Waals surface area contributed by atoms with E-state index in [4.69, 9.17) is 4.74 Å². The zero-order valence-corrected chi connectivity index (χ0v) is 6.97. The van der Waals surface area contributed by atoms with Gasteiger partial charge in [-0.25, -0.2) is 4.68 Å². The van der Waals surface area contributed by atoms with Gasteiger partial charge in [0.25, 0.3) is 0 Å². The minimum Gasteiger partial charge on any atom is -0.477 e. The molecule has 4 heteroatoms. The van der Waals surface area contributed by atoms with Crippen LogP contribution in [-0.4, -0.2) is 16.4 Å². The number of rotatable bonds is 0. The SMILES string of the molecule is Brc1cnn2c1OCCC2. The second kappa shape index (κ2) is 2.27. The molecule has 2 heterocycles. The van der Waals surface area contributed by atoms with E-state index in [9.17, 15) is 0 Å². The Morgan fingerprint density at radius 2 is 2.60 bits per heavy atom. The molecule has 0 aromatic carbocycles. The molecule has 0 bridgehead atoms. The fraction of sp³-hybridized carbons (Fsp3) is 0.500. The quantitative estimate of drug-likeness (QED) is 0.637. The van der Waals surface area contributed by atoms with Gasteiger partial charge in [0.05, 0.1) is 17.3 Å². The van der Waals surface area contributed by atoms with Crippen molar-refractivity contribution < 1.29 is 4.74 Å². The Kier molecular flexibility index (Phi) is 1.41. The van der Waals surface area contributed by atoms with Crippen molar-refractivity contribution in [3.05, 3.63) is 10.7 Å². The van der Waals surface area contributed by atoms with Crippen molar-refractivity contribution in [3.8, 4) is 5.88 Å². The summed E-state index contributed by atoms with van der Waals surface area (Å²) >= 11 is 3.34. The van der Waals surface area contributed by atoms with Crippen LogP contribution >= 0.6 is 15.9 Å². The van der Waals surface area contributed by atoms with Crippen molar-refractivity contribution in [1.82, 2.24) is 9.78 Å². The second-order valence-corrected chi connectivity index (χ2v) is 3.08. The fourth-order valence-corrected chi connectivity index (χ4v) is 1.45. The molecule has 0 atom stereocenters. The van der Waals surface area contributed by atoms with Crippen molar-refractivity contribution in [1.29, 1.82) is 0 Å². The summed E-state index contributed by atoms with van der Waals surface area (Å²) in [4.78, 5) is 0. The van der Waals surface area contributed by atoms with Crippen molar-refractivity contribution in [3.63, 3.8) is 0 Å². The van der Waals surface area contributed by atoms with E-state index in [0.717, 1.165) is 29.9 Å². The van der Waals surface area contributed by atoms with Gasteiger partial charge in [-0.2, -0.15) is 5.10 Å². The highest BCUT2D eigenvalue weighted by Crippen LogP contribution is 2.26. The van der Waals surface area contributed by atoms with E-state index in [1.54, 1.807) is 6.20 Å². The average molecular weight is 203 g/mol. The topological polar surface area (TPSA) is 27.1 Å². The van der Waals surface area contributed by atoms with Gasteiger partial charge in [-0.15, -0.1) is 0 Å². The van der Waals surface area contributed by atoms with Crippen LogP contribution in [0.1, 0.15) is 6.42 Å². The monoisotopic (exact) mass is 202 g/mol. The van der Waals surface area contributed by atoms with Crippen LogP contribution in [0.3, 0.4) is 0 Å². The molecule has 54 valence electrons. The fourth-order valence-electron chi connectivity index (χ4n) is 1.04. The largest absolute Gasteiger partial charge is 0.477 e. The Morgan fingerprint density at radius 3 is 3.40 bits per heavy atom. The van der Waals surface area contributed by atoms with Gasteiger partial charge < -0.3 is 4.74 Å². The molecular weight excluding hydrogens is 196 g/mol. The Hall–Kier alpha value is -0.510. The molecule has 0 spiro atoms. The highest BCUT2D eigenvalue weighted by molar-refractivity contribution is 9.10. The molecule has 0 saturated heterocycles. The predicted molar refractivity (Wildman–Crippen MR) is 40.0 cm³/mol. The summed E-state index contributed by atoms with van der Waals surface area (Å²) in [6.07, 6.45) is 2.82. The minimum atomic E-state index is 0.810. The number of aryl methyl sites for hydroxylation is 1. The Balaban J connectivity index is 2.45. The van der Waals surface area contributed by atoms with Crippen LogP contribution in [-0.2, 0) is 6.54 Å². The lowest BCUT2D eigenvalue weighted by Crippen LogP contribution is -2.14. The third-order valence-electron chi connectivity index (χ3n) is 1.50. The van der Waals surface area contributed by atoms with E-state index in [1.165, 1.54) is 0 Å². The number of aromatic nitrogens is 2. The summed E-state index contributed by atoms with van der Waals surface area (Å²) < 4.78 is 8.17. The van der Waals surface area contributed by atoms with Crippen LogP contribution < -0.4 is 4.74 Å². The molecule has 0 saturated carbocycles. The van der Waals surface area contributed by atoms with E-state index in [2.05, 4.69) is 21.0 Å². The lowest BCUT2D eigenvalue weighted by molar-refractivity contribution is 0.229. The molecule has 1 aliphatic rings. The van der Waals surface area contributed by atoms with Gasteiger partial charge in [-0.3, -0.25) is 0 Å². The van der Waals surface area contributed by atoms with Gasteiger partial charge in [0.1, 0.15) is 0 Å². The molecule has 0 unspecified atom stereocenters. The maximum absolute atomic E-state index is 5.35. The zero-order valence-electron chi connectivity index (χ0n) is 5.38. The van der Waals surface area contributed by atoms with Gasteiger partial charge in [0, 0.05) is 13.0 Å². The van der Waals surface area contributed by atoms with Gasteiger partial charge in [0.15, 0.2) is 0 Å². The van der Waals surface area contributed by atoms with Gasteiger partial charge in [-0.1, -0.05) is 0 Å². The first-order valence-corrected chi connectivity index (χ1v) is 4.01. The third-order valence-corrected chi connectivity index (χ3v) is 2.05. The normalized spacial score (nSPS) is 16.1. The van der Waals surface area contributed by atoms with Crippen LogP contribution in [0.2, 0.25) is 0 Å².